The van der Waals surface area contributed by atoms with Crippen LogP contribution in [0.5, 0.6) is 0 Å². The Labute approximate surface area is 140 Å². The summed E-state index contributed by atoms with van der Waals surface area (Å²) < 4.78 is 3.21. The topological polar surface area (TPSA) is 56.0 Å². The van der Waals surface area contributed by atoms with Crippen molar-refractivity contribution in [1.29, 1.82) is 0 Å². The van der Waals surface area contributed by atoms with Crippen LogP contribution in [0.4, 0.5) is 0 Å². The van der Waals surface area contributed by atoms with Gasteiger partial charge in [-0.25, -0.2) is 4.79 Å². The van der Waals surface area contributed by atoms with Crippen molar-refractivity contribution in [3.05, 3.63) is 70.1 Å². The summed E-state index contributed by atoms with van der Waals surface area (Å²) in [6.45, 7) is 1.97. The first-order valence-corrected chi connectivity index (χ1v) is 7.96. The molecular weight excluding hydrogens is 302 g/mol. The first-order chi connectivity index (χ1) is 11.5. The van der Waals surface area contributed by atoms with Crippen molar-refractivity contribution in [3.63, 3.8) is 0 Å². The van der Waals surface area contributed by atoms with Gasteiger partial charge in [0, 0.05) is 14.1 Å². The molecule has 2 aromatic carbocycles. The van der Waals surface area contributed by atoms with E-state index in [2.05, 4.69) is 5.32 Å². The van der Waals surface area contributed by atoms with Gasteiger partial charge in [0.25, 0.3) is 0 Å². The molecule has 3 aromatic rings. The van der Waals surface area contributed by atoms with Crippen molar-refractivity contribution in [2.75, 3.05) is 0 Å². The Morgan fingerprint density at radius 3 is 2.42 bits per heavy atom. The van der Waals surface area contributed by atoms with Crippen LogP contribution in [0.15, 0.2) is 53.3 Å². The van der Waals surface area contributed by atoms with Gasteiger partial charge in [-0.2, -0.15) is 0 Å². The molecule has 1 amide bonds. The fourth-order valence-corrected chi connectivity index (χ4v) is 2.97. The number of nitrogens with zero attached hydrogens (tertiary/aromatic N) is 2. The standard InChI is InChI=1S/C19H21N3O2/c1-13(15-7-5-4-6-8-15)20-18(23)12-14-9-10-16-17(11-14)22(3)19(24)21(16)2/h4-11,13H,12H2,1-3H3,(H,20,23). The quantitative estimate of drug-likeness (QED) is 0.801. The third-order valence-corrected chi connectivity index (χ3v) is 4.38. The number of aryl methyl sites for hydroxylation is 2. The number of carbonyl (C=O) groups is 1. The monoisotopic (exact) mass is 323 g/mol. The van der Waals surface area contributed by atoms with E-state index in [4.69, 9.17) is 0 Å². The number of benzene rings is 2. The average molecular weight is 323 g/mol. The predicted molar refractivity (Wildman–Crippen MR) is 94.9 cm³/mol. The molecule has 124 valence electrons. The minimum absolute atomic E-state index is 0.0355. The summed E-state index contributed by atoms with van der Waals surface area (Å²) in [7, 11) is 3.49. The molecule has 0 aliphatic heterocycles. The number of fused-ring (bicyclic) bond motifs is 1. The van der Waals surface area contributed by atoms with Crippen LogP contribution in [-0.4, -0.2) is 15.0 Å². The summed E-state index contributed by atoms with van der Waals surface area (Å²) in [6.07, 6.45) is 0.288. The SMILES string of the molecule is CC(NC(=O)Cc1ccc2c(c1)n(C)c(=O)n2C)c1ccccc1. The first-order valence-electron chi connectivity index (χ1n) is 7.96. The number of hydrogen-bond donors (Lipinski definition) is 1. The normalized spacial score (nSPS) is 12.3. The number of carbonyl (C=O) groups excluding carboxylic acids is 1. The van der Waals surface area contributed by atoms with Crippen molar-refractivity contribution in [2.24, 2.45) is 14.1 Å². The molecule has 3 rings (SSSR count). The van der Waals surface area contributed by atoms with Gasteiger partial charge in [-0.15, -0.1) is 0 Å². The summed E-state index contributed by atoms with van der Waals surface area (Å²) >= 11 is 0. The Morgan fingerprint density at radius 2 is 1.71 bits per heavy atom. The molecule has 0 saturated carbocycles. The molecule has 0 bridgehead atoms. The molecule has 0 aliphatic carbocycles. The summed E-state index contributed by atoms with van der Waals surface area (Å²) in [5.74, 6) is -0.0355. The van der Waals surface area contributed by atoms with Gasteiger partial charge >= 0.3 is 5.69 Å². The molecule has 5 heteroatoms. The van der Waals surface area contributed by atoms with Crippen molar-refractivity contribution in [2.45, 2.75) is 19.4 Å². The highest BCUT2D eigenvalue weighted by Crippen LogP contribution is 2.15. The van der Waals surface area contributed by atoms with Crippen LogP contribution in [0.2, 0.25) is 0 Å². The third kappa shape index (κ3) is 2.97. The Balaban J connectivity index is 1.76. The number of rotatable bonds is 4. The molecule has 0 radical (unpaired) electrons. The van der Waals surface area contributed by atoms with Gasteiger partial charge in [0.05, 0.1) is 23.5 Å². The van der Waals surface area contributed by atoms with Gasteiger partial charge in [0.1, 0.15) is 0 Å². The van der Waals surface area contributed by atoms with E-state index >= 15 is 0 Å². The van der Waals surface area contributed by atoms with Crippen LogP contribution in [-0.2, 0) is 25.3 Å². The molecule has 1 atom stereocenters. The van der Waals surface area contributed by atoms with Gasteiger partial charge in [-0.05, 0) is 30.2 Å². The maximum Gasteiger partial charge on any atom is 0.328 e. The Bertz CT molecular complexity index is 938. The van der Waals surface area contributed by atoms with Crippen molar-refractivity contribution in [1.82, 2.24) is 14.5 Å². The fraction of sp³-hybridized carbons (Fsp3) is 0.263. The summed E-state index contributed by atoms with van der Waals surface area (Å²) in [6, 6.07) is 15.5. The molecule has 1 unspecified atom stereocenters. The van der Waals surface area contributed by atoms with E-state index in [9.17, 15) is 9.59 Å². The van der Waals surface area contributed by atoms with Crippen molar-refractivity contribution < 1.29 is 4.79 Å². The van der Waals surface area contributed by atoms with Crippen LogP contribution in [0.25, 0.3) is 11.0 Å². The van der Waals surface area contributed by atoms with Gasteiger partial charge in [0.15, 0.2) is 0 Å². The van der Waals surface area contributed by atoms with E-state index in [1.54, 1.807) is 23.2 Å². The minimum atomic E-state index is -0.0655. The molecule has 1 heterocycles. The van der Waals surface area contributed by atoms with E-state index in [0.29, 0.717) is 0 Å². The molecule has 24 heavy (non-hydrogen) atoms. The Kier molecular flexibility index (Phi) is 4.25. The van der Waals surface area contributed by atoms with Crippen molar-refractivity contribution >= 4 is 16.9 Å². The molecule has 1 aromatic heterocycles. The second-order valence-electron chi connectivity index (χ2n) is 6.10. The smallest absolute Gasteiger partial charge is 0.328 e. The van der Waals surface area contributed by atoms with Crippen LogP contribution in [0.1, 0.15) is 24.1 Å². The van der Waals surface area contributed by atoms with Crippen molar-refractivity contribution in [3.8, 4) is 0 Å². The largest absolute Gasteiger partial charge is 0.349 e. The average Bonchev–Trinajstić information content (AvgIpc) is 2.80. The molecule has 0 aliphatic rings. The zero-order valence-corrected chi connectivity index (χ0v) is 14.1. The predicted octanol–water partition coefficient (Wildman–Crippen LogP) is 2.30. The molecule has 0 fully saturated rings. The van der Waals surface area contributed by atoms with Gasteiger partial charge in [0.2, 0.25) is 5.91 Å². The van der Waals surface area contributed by atoms with Crippen LogP contribution in [0.3, 0.4) is 0 Å². The first kappa shape index (κ1) is 16.1. The van der Waals surface area contributed by atoms with E-state index in [1.807, 2.05) is 55.5 Å². The number of nitrogens with one attached hydrogen (secondary N) is 1. The highest BCUT2D eigenvalue weighted by Gasteiger charge is 2.12. The number of aromatic nitrogens is 2. The summed E-state index contributed by atoms with van der Waals surface area (Å²) in [5.41, 5.74) is 3.60. The second kappa shape index (κ2) is 6.35. The highest BCUT2D eigenvalue weighted by molar-refractivity contribution is 5.82. The lowest BCUT2D eigenvalue weighted by Gasteiger charge is -2.14. The highest BCUT2D eigenvalue weighted by atomic mass is 16.2. The maximum atomic E-state index is 12.3. The summed E-state index contributed by atoms with van der Waals surface area (Å²) in [4.78, 5) is 24.3. The zero-order chi connectivity index (χ0) is 17.3. The number of hydrogen-bond acceptors (Lipinski definition) is 2. The lowest BCUT2D eigenvalue weighted by atomic mass is 10.1. The van der Waals surface area contributed by atoms with Crippen LogP contribution in [0, 0.1) is 0 Å². The van der Waals surface area contributed by atoms with E-state index < -0.39 is 0 Å². The molecular formula is C19H21N3O2. The maximum absolute atomic E-state index is 12.3. The van der Waals surface area contributed by atoms with Crippen LogP contribution >= 0.6 is 0 Å². The van der Waals surface area contributed by atoms with E-state index in [-0.39, 0.29) is 24.1 Å². The van der Waals surface area contributed by atoms with Gasteiger partial charge in [-0.3, -0.25) is 13.9 Å². The summed E-state index contributed by atoms with van der Waals surface area (Å²) in [5, 5.41) is 3.01. The molecule has 5 nitrogen and oxygen atoms in total. The molecule has 0 spiro atoms. The lowest BCUT2D eigenvalue weighted by molar-refractivity contribution is -0.121. The van der Waals surface area contributed by atoms with Gasteiger partial charge in [-0.1, -0.05) is 36.4 Å². The zero-order valence-electron chi connectivity index (χ0n) is 14.1. The van der Waals surface area contributed by atoms with Gasteiger partial charge < -0.3 is 5.32 Å². The van der Waals surface area contributed by atoms with E-state index in [1.165, 1.54) is 0 Å². The number of amides is 1. The Hall–Kier alpha value is -2.82. The second-order valence-corrected chi connectivity index (χ2v) is 6.10. The Morgan fingerprint density at radius 1 is 1.04 bits per heavy atom. The lowest BCUT2D eigenvalue weighted by Crippen LogP contribution is -2.28. The third-order valence-electron chi connectivity index (χ3n) is 4.38. The minimum Gasteiger partial charge on any atom is -0.349 e. The number of imidazole rings is 1. The van der Waals surface area contributed by atoms with Crippen LogP contribution < -0.4 is 11.0 Å². The molecule has 0 saturated heterocycles. The molecule has 1 N–H and O–H groups in total. The van der Waals surface area contributed by atoms with E-state index in [0.717, 1.165) is 22.2 Å². The fourth-order valence-electron chi connectivity index (χ4n) is 2.97.